The minimum Gasteiger partial charge on any atom is -0.478 e. The number of rotatable bonds is 6. The molecule has 0 aliphatic carbocycles. The van der Waals surface area contributed by atoms with E-state index in [9.17, 15) is 19.1 Å². The number of anilines is 1. The summed E-state index contributed by atoms with van der Waals surface area (Å²) in [6.07, 6.45) is 1.70. The zero-order valence-electron chi connectivity index (χ0n) is 21.5. The third-order valence-electron chi connectivity index (χ3n) is 6.78. The molecule has 3 aromatic carbocycles. The van der Waals surface area contributed by atoms with Gasteiger partial charge in [-0.15, -0.1) is 0 Å². The number of aromatic carboxylic acids is 1. The Morgan fingerprint density at radius 2 is 1.72 bits per heavy atom. The van der Waals surface area contributed by atoms with Gasteiger partial charge in [0.15, 0.2) is 0 Å². The Balaban J connectivity index is 1.59. The Labute approximate surface area is 229 Å². The Morgan fingerprint density at radius 1 is 1.00 bits per heavy atom. The highest BCUT2D eigenvalue weighted by molar-refractivity contribution is 6.31. The maximum Gasteiger partial charge on any atom is 0.337 e. The molecule has 0 unspecified atom stereocenters. The number of fused-ring (bicyclic) bond motifs is 1. The summed E-state index contributed by atoms with van der Waals surface area (Å²) in [5.74, 6) is -1.40. The lowest BCUT2D eigenvalue weighted by molar-refractivity contribution is 0.0698. The van der Waals surface area contributed by atoms with Crippen LogP contribution >= 0.6 is 11.6 Å². The maximum atomic E-state index is 13.5. The molecule has 5 rings (SSSR count). The fraction of sp³-hybridized carbons (Fsp3) is 0.129. The first-order valence-electron chi connectivity index (χ1n) is 12.3. The molecule has 0 spiro atoms. The van der Waals surface area contributed by atoms with Crippen LogP contribution in [0.15, 0.2) is 83.8 Å². The first-order valence-corrected chi connectivity index (χ1v) is 12.7. The van der Waals surface area contributed by atoms with Crippen molar-refractivity contribution >= 4 is 34.0 Å². The molecule has 196 valence electrons. The van der Waals surface area contributed by atoms with Crippen molar-refractivity contribution in [3.63, 3.8) is 0 Å². The molecule has 0 aliphatic rings. The van der Waals surface area contributed by atoms with Crippen LogP contribution in [0.25, 0.3) is 33.3 Å². The van der Waals surface area contributed by atoms with Crippen molar-refractivity contribution in [1.82, 2.24) is 9.55 Å². The lowest BCUT2D eigenvalue weighted by atomic mass is 9.96. The SMILES string of the molecule is Cc1cc([C@@H](C)Nc2ccc(Cl)cc2C(=O)O)c2cc(-c3ccc(-c4ccc(F)cc4)nc3)n(C)c(=O)c2c1. The van der Waals surface area contributed by atoms with Crippen molar-refractivity contribution in [3.8, 4) is 22.5 Å². The molecule has 0 aliphatic heterocycles. The average molecular weight is 542 g/mol. The van der Waals surface area contributed by atoms with Gasteiger partial charge in [0.25, 0.3) is 5.56 Å². The van der Waals surface area contributed by atoms with Crippen LogP contribution in [0.5, 0.6) is 0 Å². The summed E-state index contributed by atoms with van der Waals surface area (Å²) in [4.78, 5) is 29.9. The monoisotopic (exact) mass is 541 g/mol. The third-order valence-corrected chi connectivity index (χ3v) is 7.02. The predicted octanol–water partition coefficient (Wildman–Crippen LogP) is 7.24. The molecule has 0 saturated carbocycles. The van der Waals surface area contributed by atoms with E-state index in [4.69, 9.17) is 11.6 Å². The van der Waals surface area contributed by atoms with Gasteiger partial charge in [-0.25, -0.2) is 9.18 Å². The van der Waals surface area contributed by atoms with E-state index in [2.05, 4.69) is 10.3 Å². The number of halogens is 2. The number of benzene rings is 3. The molecule has 2 heterocycles. The van der Waals surface area contributed by atoms with E-state index < -0.39 is 5.97 Å². The Morgan fingerprint density at radius 3 is 2.38 bits per heavy atom. The lowest BCUT2D eigenvalue weighted by Gasteiger charge is -2.21. The molecule has 8 heteroatoms. The summed E-state index contributed by atoms with van der Waals surface area (Å²) in [7, 11) is 1.72. The summed E-state index contributed by atoms with van der Waals surface area (Å²) in [5.41, 5.74) is 5.02. The van der Waals surface area contributed by atoms with Gasteiger partial charge in [0.1, 0.15) is 5.82 Å². The van der Waals surface area contributed by atoms with Crippen LogP contribution in [0.3, 0.4) is 0 Å². The topological polar surface area (TPSA) is 84.2 Å². The van der Waals surface area contributed by atoms with Gasteiger partial charge in [0.05, 0.1) is 17.0 Å². The highest BCUT2D eigenvalue weighted by Gasteiger charge is 2.18. The summed E-state index contributed by atoms with van der Waals surface area (Å²) < 4.78 is 14.9. The molecule has 2 aromatic heterocycles. The molecule has 0 radical (unpaired) electrons. The number of aryl methyl sites for hydroxylation is 1. The molecular weight excluding hydrogens is 517 g/mol. The fourth-order valence-electron chi connectivity index (χ4n) is 4.79. The quantitative estimate of drug-likeness (QED) is 0.237. The Hall–Kier alpha value is -4.49. The number of aromatic nitrogens is 2. The molecule has 39 heavy (non-hydrogen) atoms. The van der Waals surface area contributed by atoms with Gasteiger partial charge >= 0.3 is 5.97 Å². The van der Waals surface area contributed by atoms with Crippen molar-refractivity contribution in [3.05, 3.63) is 117 Å². The number of carbonyl (C=O) groups is 1. The van der Waals surface area contributed by atoms with Gasteiger partial charge in [-0.2, -0.15) is 0 Å². The van der Waals surface area contributed by atoms with Crippen LogP contribution in [0.2, 0.25) is 5.02 Å². The van der Waals surface area contributed by atoms with Gasteiger partial charge in [-0.3, -0.25) is 9.78 Å². The molecule has 0 bridgehead atoms. The minimum absolute atomic E-state index is 0.0650. The molecular formula is C31H25ClFN3O3. The number of hydrogen-bond acceptors (Lipinski definition) is 4. The average Bonchev–Trinajstić information content (AvgIpc) is 2.92. The lowest BCUT2D eigenvalue weighted by Crippen LogP contribution is -2.20. The number of hydrogen-bond donors (Lipinski definition) is 2. The largest absolute Gasteiger partial charge is 0.478 e. The second-order valence-corrected chi connectivity index (χ2v) is 9.95. The second kappa shape index (κ2) is 10.3. The van der Waals surface area contributed by atoms with E-state index in [1.807, 2.05) is 44.2 Å². The molecule has 0 amide bonds. The van der Waals surface area contributed by atoms with Crippen molar-refractivity contribution in [1.29, 1.82) is 0 Å². The van der Waals surface area contributed by atoms with Crippen LogP contribution in [0.4, 0.5) is 10.1 Å². The van der Waals surface area contributed by atoms with Gasteiger partial charge in [0.2, 0.25) is 0 Å². The van der Waals surface area contributed by atoms with Gasteiger partial charge in [-0.05, 0) is 97.1 Å². The molecule has 1 atom stereocenters. The van der Waals surface area contributed by atoms with Crippen molar-refractivity contribution < 1.29 is 14.3 Å². The normalized spacial score (nSPS) is 11.9. The van der Waals surface area contributed by atoms with Crippen LogP contribution in [-0.4, -0.2) is 20.6 Å². The number of nitrogens with zero attached hydrogens (tertiary/aromatic N) is 2. The van der Waals surface area contributed by atoms with E-state index >= 15 is 0 Å². The Kier molecular flexibility index (Phi) is 6.93. The molecule has 0 fully saturated rings. The van der Waals surface area contributed by atoms with Crippen molar-refractivity contribution in [2.75, 3.05) is 5.32 Å². The van der Waals surface area contributed by atoms with Crippen molar-refractivity contribution in [2.45, 2.75) is 19.9 Å². The molecule has 0 saturated heterocycles. The first kappa shape index (κ1) is 26.1. The smallest absolute Gasteiger partial charge is 0.337 e. The zero-order valence-corrected chi connectivity index (χ0v) is 22.3. The molecule has 6 nitrogen and oxygen atoms in total. The highest BCUT2D eigenvalue weighted by atomic mass is 35.5. The Bertz CT molecular complexity index is 1780. The van der Waals surface area contributed by atoms with Crippen LogP contribution < -0.4 is 10.9 Å². The van der Waals surface area contributed by atoms with Crippen molar-refractivity contribution in [2.24, 2.45) is 7.05 Å². The van der Waals surface area contributed by atoms with Gasteiger partial charge in [-0.1, -0.05) is 17.7 Å². The van der Waals surface area contributed by atoms with Crippen LogP contribution in [0, 0.1) is 12.7 Å². The number of pyridine rings is 2. The zero-order chi connectivity index (χ0) is 27.8. The van der Waals surface area contributed by atoms with Gasteiger partial charge in [0, 0.05) is 46.5 Å². The van der Waals surface area contributed by atoms with E-state index in [0.717, 1.165) is 27.6 Å². The number of nitrogens with one attached hydrogen (secondary N) is 1. The van der Waals surface area contributed by atoms with Crippen LogP contribution in [0.1, 0.15) is 34.5 Å². The summed E-state index contributed by atoms with van der Waals surface area (Å²) in [6.45, 7) is 3.84. The predicted molar refractivity (Wildman–Crippen MR) is 153 cm³/mol. The number of carboxylic acids is 1. The number of carboxylic acid groups (broad SMARTS) is 1. The van der Waals surface area contributed by atoms with E-state index in [1.54, 1.807) is 42.1 Å². The fourth-order valence-corrected chi connectivity index (χ4v) is 4.96. The van der Waals surface area contributed by atoms with Crippen LogP contribution in [-0.2, 0) is 7.05 Å². The van der Waals surface area contributed by atoms with E-state index in [-0.39, 0.29) is 23.0 Å². The molecule has 2 N–H and O–H groups in total. The summed E-state index contributed by atoms with van der Waals surface area (Å²) in [5, 5.41) is 14.6. The first-order chi connectivity index (χ1) is 18.6. The summed E-state index contributed by atoms with van der Waals surface area (Å²) >= 11 is 6.02. The van der Waals surface area contributed by atoms with E-state index in [0.29, 0.717) is 27.5 Å². The molecule has 5 aromatic rings. The third kappa shape index (κ3) is 5.13. The minimum atomic E-state index is -1.09. The standard InChI is InChI=1S/C31H25ClFN3O3/c1-17-12-23(18(2)35-28-11-7-21(32)14-26(28)31(38)39)24-15-29(36(3)30(37)25(24)13-17)20-6-10-27(34-16-20)19-4-8-22(33)9-5-19/h4-16,18,35H,1-3H3,(H,38,39)/t18-/m1/s1. The second-order valence-electron chi connectivity index (χ2n) is 9.51. The maximum absolute atomic E-state index is 13.5. The highest BCUT2D eigenvalue weighted by Crippen LogP contribution is 2.32. The van der Waals surface area contributed by atoms with E-state index in [1.165, 1.54) is 18.2 Å². The van der Waals surface area contributed by atoms with Gasteiger partial charge < -0.3 is 15.0 Å². The summed E-state index contributed by atoms with van der Waals surface area (Å²) in [6, 6.07) is 20.0.